The molecule has 5 heteroatoms. The van der Waals surface area contributed by atoms with Gasteiger partial charge in [-0.1, -0.05) is 25.6 Å². The lowest BCUT2D eigenvalue weighted by Gasteiger charge is -2.01. The molecule has 0 aromatic rings. The second-order valence-electron chi connectivity index (χ2n) is 2.39. The predicted octanol–water partition coefficient (Wildman–Crippen LogP) is 1.38. The topological polar surface area (TPSA) is 46.5 Å². The minimum absolute atomic E-state index is 0.215. The van der Waals surface area contributed by atoms with Gasteiger partial charge in [-0.2, -0.15) is 0 Å². The first-order valence-corrected chi connectivity index (χ1v) is 5.61. The molecule has 0 aromatic carbocycles. The summed E-state index contributed by atoms with van der Waals surface area (Å²) in [7, 11) is -3.15. The fourth-order valence-corrected chi connectivity index (χ4v) is 2.95. The Bertz CT molecular complexity index is 301. The predicted molar refractivity (Wildman–Crippen MR) is 48.2 cm³/mol. The van der Waals surface area contributed by atoms with Crippen molar-refractivity contribution >= 4 is 26.0 Å². The first-order chi connectivity index (χ1) is 5.02. The van der Waals surface area contributed by atoms with Crippen molar-refractivity contribution in [1.29, 1.82) is 0 Å². The normalized spacial score (nSPS) is 20.8. The zero-order valence-electron chi connectivity index (χ0n) is 6.31. The minimum Gasteiger partial charge on any atom is -0.237 e. The molecule has 1 aliphatic rings. The van der Waals surface area contributed by atoms with Crippen LogP contribution < -0.4 is 0 Å². The summed E-state index contributed by atoms with van der Waals surface area (Å²) in [5.41, 5.74) is 0. The summed E-state index contributed by atoms with van der Waals surface area (Å²) in [6, 6.07) is 0. The Morgan fingerprint density at radius 3 is 2.55 bits per heavy atom. The molecule has 0 fully saturated rings. The molecule has 0 atom stereocenters. The van der Waals surface area contributed by atoms with Gasteiger partial charge in [-0.15, -0.1) is 0 Å². The van der Waals surface area contributed by atoms with Gasteiger partial charge in [0, 0.05) is 11.4 Å². The fourth-order valence-electron chi connectivity index (χ4n) is 0.602. The molecule has 11 heavy (non-hydrogen) atoms. The Hall–Kier alpha value is -0.290. The quantitative estimate of drug-likeness (QED) is 0.629. The lowest BCUT2D eigenvalue weighted by Crippen LogP contribution is -2.06. The summed E-state index contributed by atoms with van der Waals surface area (Å²) in [6.45, 7) is 3.86. The monoisotopic (exact) mass is 191 g/mol. The molecule has 0 unspecified atom stereocenters. The van der Waals surface area contributed by atoms with E-state index in [0.29, 0.717) is 0 Å². The zero-order chi connectivity index (χ0) is 8.48. The Labute approximate surface area is 70.5 Å². The fraction of sp³-hybridized carbons (Fsp3) is 0.500. The largest absolute Gasteiger partial charge is 0.237 e. The number of aliphatic imine (C=N–C) groups is 1. The number of sulfone groups is 1. The molecule has 0 spiro atoms. The first-order valence-electron chi connectivity index (χ1n) is 3.18. The van der Waals surface area contributed by atoms with Crippen LogP contribution in [0.5, 0.6) is 0 Å². The van der Waals surface area contributed by atoms with Gasteiger partial charge < -0.3 is 0 Å². The summed E-state index contributed by atoms with van der Waals surface area (Å²) >= 11 is 1.27. The Balaban J connectivity index is 2.79. The van der Waals surface area contributed by atoms with Gasteiger partial charge in [0.15, 0.2) is 4.38 Å². The molecule has 0 saturated heterocycles. The van der Waals surface area contributed by atoms with Crippen molar-refractivity contribution in [2.45, 2.75) is 19.1 Å². The zero-order valence-corrected chi connectivity index (χ0v) is 7.95. The van der Waals surface area contributed by atoms with E-state index in [4.69, 9.17) is 0 Å². The molecule has 0 N–H and O–H groups in total. The third-order valence-corrected chi connectivity index (χ3v) is 3.84. The van der Waals surface area contributed by atoms with Gasteiger partial charge in [-0.3, -0.25) is 0 Å². The van der Waals surface area contributed by atoms with Crippen molar-refractivity contribution in [2.24, 2.45) is 4.99 Å². The first kappa shape index (κ1) is 8.80. The van der Waals surface area contributed by atoms with Crippen molar-refractivity contribution in [2.75, 3.05) is 0 Å². The van der Waals surface area contributed by atoms with E-state index in [2.05, 4.69) is 4.99 Å². The second kappa shape index (κ2) is 2.98. The maximum atomic E-state index is 11.1. The number of rotatable bonds is 1. The highest BCUT2D eigenvalue weighted by Crippen LogP contribution is 2.21. The molecule has 0 saturated carbocycles. The van der Waals surface area contributed by atoms with E-state index in [-0.39, 0.29) is 9.63 Å². The number of thioether (sulfide) groups is 1. The van der Waals surface area contributed by atoms with Crippen LogP contribution in [0.3, 0.4) is 0 Å². The van der Waals surface area contributed by atoms with Gasteiger partial charge in [0.2, 0.25) is 9.84 Å². The van der Waals surface area contributed by atoms with Crippen LogP contribution in [0.25, 0.3) is 0 Å². The van der Waals surface area contributed by atoms with Crippen molar-refractivity contribution in [3.05, 3.63) is 11.6 Å². The lowest BCUT2D eigenvalue weighted by molar-refractivity contribution is 0.616. The number of hydrogen-bond donors (Lipinski definition) is 0. The second-order valence-corrected chi connectivity index (χ2v) is 5.96. The van der Waals surface area contributed by atoms with E-state index in [1.165, 1.54) is 18.0 Å². The molecule has 0 bridgehead atoms. The van der Waals surface area contributed by atoms with E-state index < -0.39 is 9.84 Å². The Kier molecular flexibility index (Phi) is 2.39. The van der Waals surface area contributed by atoms with Crippen molar-refractivity contribution in [1.82, 2.24) is 0 Å². The van der Waals surface area contributed by atoms with Crippen LogP contribution in [0.2, 0.25) is 0 Å². The van der Waals surface area contributed by atoms with Gasteiger partial charge in [-0.05, 0) is 0 Å². The Morgan fingerprint density at radius 2 is 2.18 bits per heavy atom. The average molecular weight is 191 g/mol. The molecule has 1 heterocycles. The Morgan fingerprint density at radius 1 is 1.55 bits per heavy atom. The van der Waals surface area contributed by atoms with Crippen LogP contribution in [0.1, 0.15) is 13.8 Å². The van der Waals surface area contributed by atoms with Gasteiger partial charge in [0.1, 0.15) is 0 Å². The molecule has 62 valence electrons. The summed E-state index contributed by atoms with van der Waals surface area (Å²) in [4.78, 5) is 3.74. The summed E-state index contributed by atoms with van der Waals surface area (Å²) < 4.78 is 22.3. The summed E-state index contributed by atoms with van der Waals surface area (Å²) in [5.74, 6) is 0. The molecule has 0 aliphatic carbocycles. The number of nitrogens with zero attached hydrogens (tertiary/aromatic N) is 1. The van der Waals surface area contributed by atoms with E-state index in [0.717, 1.165) is 5.41 Å². The third-order valence-electron chi connectivity index (χ3n) is 1.000. The van der Waals surface area contributed by atoms with E-state index >= 15 is 0 Å². The van der Waals surface area contributed by atoms with Crippen molar-refractivity contribution in [3.8, 4) is 0 Å². The van der Waals surface area contributed by atoms with Crippen LogP contribution in [0.15, 0.2) is 16.6 Å². The molecule has 0 radical (unpaired) electrons. The molecular weight excluding hydrogens is 182 g/mol. The smallest absolute Gasteiger partial charge is 0.224 e. The summed E-state index contributed by atoms with van der Waals surface area (Å²) in [6.07, 6.45) is 1.32. The standard InChI is InChI=1S/C6H9NO2S2/c1-5(2)10-6-7-3-4-11(6,8)9/h3-5H,1-2H3. The molecule has 1 aliphatic heterocycles. The van der Waals surface area contributed by atoms with Gasteiger partial charge >= 0.3 is 0 Å². The highest BCUT2D eigenvalue weighted by molar-refractivity contribution is 8.36. The van der Waals surface area contributed by atoms with Crippen LogP contribution in [-0.4, -0.2) is 18.0 Å². The molecular formula is C6H9NO2S2. The van der Waals surface area contributed by atoms with Crippen LogP contribution in [0.4, 0.5) is 0 Å². The SMILES string of the molecule is CC(C)SC1=NC=CS1(=O)=O. The van der Waals surface area contributed by atoms with Gasteiger partial charge in [-0.25, -0.2) is 13.4 Å². The van der Waals surface area contributed by atoms with Crippen molar-refractivity contribution < 1.29 is 8.42 Å². The van der Waals surface area contributed by atoms with Crippen LogP contribution >= 0.6 is 11.8 Å². The maximum Gasteiger partial charge on any atom is 0.224 e. The lowest BCUT2D eigenvalue weighted by atomic mass is 10.6. The highest BCUT2D eigenvalue weighted by Gasteiger charge is 2.21. The molecule has 0 aromatic heterocycles. The minimum atomic E-state index is -3.15. The van der Waals surface area contributed by atoms with Gasteiger partial charge in [0.05, 0.1) is 5.41 Å². The highest BCUT2D eigenvalue weighted by atomic mass is 32.3. The van der Waals surface area contributed by atoms with Crippen molar-refractivity contribution in [3.63, 3.8) is 0 Å². The maximum absolute atomic E-state index is 11.1. The van der Waals surface area contributed by atoms with E-state index in [1.54, 1.807) is 0 Å². The van der Waals surface area contributed by atoms with E-state index in [1.807, 2.05) is 13.8 Å². The molecule has 1 rings (SSSR count). The number of hydrogen-bond acceptors (Lipinski definition) is 4. The van der Waals surface area contributed by atoms with Gasteiger partial charge in [0.25, 0.3) is 0 Å². The van der Waals surface area contributed by atoms with Crippen LogP contribution in [0, 0.1) is 0 Å². The van der Waals surface area contributed by atoms with Crippen LogP contribution in [-0.2, 0) is 9.84 Å². The molecule has 3 nitrogen and oxygen atoms in total. The average Bonchev–Trinajstić information content (AvgIpc) is 2.10. The summed E-state index contributed by atoms with van der Waals surface area (Å²) in [5, 5.41) is 1.38. The van der Waals surface area contributed by atoms with E-state index in [9.17, 15) is 8.42 Å². The molecule has 0 amide bonds. The third kappa shape index (κ3) is 2.07.